The van der Waals surface area contributed by atoms with Gasteiger partial charge < -0.3 is 19.6 Å². The fourth-order valence-corrected chi connectivity index (χ4v) is 4.08. The molecule has 0 spiro atoms. The molecule has 0 atom stereocenters. The van der Waals surface area contributed by atoms with Gasteiger partial charge in [0.05, 0.1) is 40.9 Å². The van der Waals surface area contributed by atoms with Gasteiger partial charge in [0.1, 0.15) is 11.6 Å². The molecule has 0 unspecified atom stereocenters. The molecule has 1 aromatic carbocycles. The number of anilines is 2. The minimum absolute atomic E-state index is 0.538. The van der Waals surface area contributed by atoms with Crippen LogP contribution in [0.4, 0.5) is 11.4 Å². The lowest BCUT2D eigenvalue weighted by molar-refractivity contribution is 0.317. The van der Waals surface area contributed by atoms with Crippen molar-refractivity contribution in [2.45, 2.75) is 45.3 Å². The largest absolute Gasteiger partial charge is 0.411 e. The van der Waals surface area contributed by atoms with Gasteiger partial charge in [-0.3, -0.25) is 4.98 Å². The number of aryl methyl sites for hydroxylation is 1. The monoisotopic (exact) mass is 388 g/mol. The molecule has 0 amide bonds. The predicted molar refractivity (Wildman–Crippen MR) is 114 cm³/mol. The summed E-state index contributed by atoms with van der Waals surface area (Å²) in [5.74, 6) is 1.95. The molecule has 29 heavy (non-hydrogen) atoms. The summed E-state index contributed by atoms with van der Waals surface area (Å²) in [4.78, 5) is 13.8. The molecule has 0 bridgehead atoms. The molecule has 1 fully saturated rings. The predicted octanol–water partition coefficient (Wildman–Crippen LogP) is 4.13. The first kappa shape index (κ1) is 17.7. The molecule has 148 valence electrons. The lowest BCUT2D eigenvalue weighted by Crippen LogP contribution is -2.29. The highest BCUT2D eigenvalue weighted by atomic mass is 16.4. The Morgan fingerprint density at radius 2 is 2.07 bits per heavy atom. The standard InChI is InChI=1S/C22H24N6O/c1-15(25-29)10-12-26-19-6-4-3-5-18(19)24-22(26)14-27-16(2)28(17-7-8-17)20-9-11-23-13-21(20)27/h3-6,9,11,13,17,29H,2,7-8,10,12,14H2,1H3/b25-15+. The van der Waals surface area contributed by atoms with Gasteiger partial charge in [0, 0.05) is 25.2 Å². The molecule has 3 aromatic rings. The molecule has 7 heteroatoms. The van der Waals surface area contributed by atoms with E-state index in [2.05, 4.69) is 43.2 Å². The second-order valence-corrected chi connectivity index (χ2v) is 7.72. The highest BCUT2D eigenvalue weighted by Gasteiger charge is 2.40. The Labute approximate surface area is 169 Å². The van der Waals surface area contributed by atoms with Crippen LogP contribution in [0.2, 0.25) is 0 Å². The van der Waals surface area contributed by atoms with Crippen LogP contribution in [0.15, 0.2) is 60.3 Å². The molecule has 7 nitrogen and oxygen atoms in total. The summed E-state index contributed by atoms with van der Waals surface area (Å²) in [5, 5.41) is 12.4. The molecule has 0 radical (unpaired) electrons. The summed E-state index contributed by atoms with van der Waals surface area (Å²) in [6, 6.07) is 10.8. The van der Waals surface area contributed by atoms with Crippen molar-refractivity contribution in [2.24, 2.45) is 5.16 Å². The van der Waals surface area contributed by atoms with Crippen molar-refractivity contribution in [1.29, 1.82) is 0 Å². The summed E-state index contributed by atoms with van der Waals surface area (Å²) < 4.78 is 2.22. The Balaban J connectivity index is 1.52. The smallest absolute Gasteiger partial charge is 0.129 e. The van der Waals surface area contributed by atoms with Crippen LogP contribution in [0.1, 0.15) is 32.0 Å². The van der Waals surface area contributed by atoms with Gasteiger partial charge in [-0.25, -0.2) is 4.98 Å². The minimum atomic E-state index is 0.538. The normalized spacial score (nSPS) is 16.7. The topological polar surface area (TPSA) is 69.8 Å². The van der Waals surface area contributed by atoms with Crippen LogP contribution >= 0.6 is 0 Å². The van der Waals surface area contributed by atoms with Crippen molar-refractivity contribution >= 4 is 28.1 Å². The molecular weight excluding hydrogens is 364 g/mol. The van der Waals surface area contributed by atoms with E-state index in [1.807, 2.05) is 37.5 Å². The molecule has 0 saturated heterocycles. The first-order chi connectivity index (χ1) is 14.2. The summed E-state index contributed by atoms with van der Waals surface area (Å²) in [7, 11) is 0. The summed E-state index contributed by atoms with van der Waals surface area (Å²) in [6.45, 7) is 7.55. The second kappa shape index (κ2) is 6.92. The summed E-state index contributed by atoms with van der Waals surface area (Å²) >= 11 is 0. The van der Waals surface area contributed by atoms with E-state index in [1.165, 1.54) is 18.5 Å². The third-order valence-electron chi connectivity index (χ3n) is 5.73. The van der Waals surface area contributed by atoms with E-state index >= 15 is 0 Å². The van der Waals surface area contributed by atoms with Crippen molar-refractivity contribution in [3.8, 4) is 0 Å². The van der Waals surface area contributed by atoms with E-state index in [0.717, 1.165) is 28.4 Å². The average molecular weight is 388 g/mol. The zero-order valence-electron chi connectivity index (χ0n) is 16.5. The first-order valence-corrected chi connectivity index (χ1v) is 9.98. The number of benzene rings is 1. The summed E-state index contributed by atoms with van der Waals surface area (Å²) in [5.41, 5.74) is 5.02. The van der Waals surface area contributed by atoms with Crippen molar-refractivity contribution in [3.05, 3.63) is 60.9 Å². The lowest BCUT2D eigenvalue weighted by atomic mass is 10.2. The van der Waals surface area contributed by atoms with E-state index in [9.17, 15) is 0 Å². The van der Waals surface area contributed by atoms with Crippen molar-refractivity contribution in [1.82, 2.24) is 14.5 Å². The van der Waals surface area contributed by atoms with E-state index in [1.54, 1.807) is 0 Å². The zero-order valence-corrected chi connectivity index (χ0v) is 16.5. The molecule has 1 aliphatic carbocycles. The first-order valence-electron chi connectivity index (χ1n) is 9.98. The van der Waals surface area contributed by atoms with Gasteiger partial charge in [0.15, 0.2) is 0 Å². The van der Waals surface area contributed by atoms with Crippen molar-refractivity contribution in [3.63, 3.8) is 0 Å². The van der Waals surface area contributed by atoms with Crippen LogP contribution in [0.5, 0.6) is 0 Å². The maximum Gasteiger partial charge on any atom is 0.129 e. The Morgan fingerprint density at radius 1 is 1.24 bits per heavy atom. The molecule has 1 N–H and O–H groups in total. The van der Waals surface area contributed by atoms with Gasteiger partial charge >= 0.3 is 0 Å². The number of rotatable bonds is 6. The maximum absolute atomic E-state index is 9.04. The molecule has 3 heterocycles. The number of fused-ring (bicyclic) bond motifs is 2. The summed E-state index contributed by atoms with van der Waals surface area (Å²) in [6.07, 6.45) is 6.83. The van der Waals surface area contributed by atoms with E-state index in [0.29, 0.717) is 31.3 Å². The maximum atomic E-state index is 9.04. The highest BCUT2D eigenvalue weighted by molar-refractivity contribution is 5.83. The van der Waals surface area contributed by atoms with Crippen LogP contribution in [-0.2, 0) is 13.1 Å². The van der Waals surface area contributed by atoms with Gasteiger partial charge in [-0.15, -0.1) is 0 Å². The van der Waals surface area contributed by atoms with Crippen LogP contribution in [-0.4, -0.2) is 31.5 Å². The SMILES string of the molecule is C=C1N(Cc2nc3ccccc3n2CC/C(C)=N/O)c2cnccc2N1C1CC1. The Morgan fingerprint density at radius 3 is 2.86 bits per heavy atom. The lowest BCUT2D eigenvalue weighted by Gasteiger charge is -2.24. The van der Waals surface area contributed by atoms with Crippen molar-refractivity contribution < 1.29 is 5.21 Å². The third kappa shape index (κ3) is 3.03. The van der Waals surface area contributed by atoms with Gasteiger partial charge in [0.25, 0.3) is 0 Å². The number of hydrogen-bond donors (Lipinski definition) is 1. The van der Waals surface area contributed by atoms with E-state index < -0.39 is 0 Å². The molecular formula is C22H24N6O. The fraction of sp³-hybridized carbons (Fsp3) is 0.318. The van der Waals surface area contributed by atoms with Gasteiger partial charge in [-0.1, -0.05) is 23.9 Å². The minimum Gasteiger partial charge on any atom is -0.411 e. The Kier molecular flexibility index (Phi) is 4.23. The van der Waals surface area contributed by atoms with Crippen LogP contribution in [0, 0.1) is 0 Å². The van der Waals surface area contributed by atoms with Gasteiger partial charge in [-0.2, -0.15) is 0 Å². The fourth-order valence-electron chi connectivity index (χ4n) is 4.08. The number of nitrogens with zero attached hydrogens (tertiary/aromatic N) is 6. The second-order valence-electron chi connectivity index (χ2n) is 7.72. The molecule has 1 saturated carbocycles. The molecule has 1 aliphatic heterocycles. The third-order valence-corrected chi connectivity index (χ3v) is 5.73. The molecule has 2 aromatic heterocycles. The number of pyridine rings is 1. The quantitative estimate of drug-likeness (QED) is 0.391. The van der Waals surface area contributed by atoms with Crippen LogP contribution in [0.3, 0.4) is 0 Å². The Hall–Kier alpha value is -3.35. The Bertz CT molecular complexity index is 1110. The average Bonchev–Trinajstić information content (AvgIpc) is 3.46. The van der Waals surface area contributed by atoms with Crippen LogP contribution in [0.25, 0.3) is 11.0 Å². The highest BCUT2D eigenvalue weighted by Crippen LogP contribution is 2.46. The van der Waals surface area contributed by atoms with Gasteiger partial charge in [0.2, 0.25) is 0 Å². The number of imidazole rings is 1. The number of hydrogen-bond acceptors (Lipinski definition) is 6. The number of aromatic nitrogens is 3. The number of oxime groups is 1. The van der Waals surface area contributed by atoms with Crippen LogP contribution < -0.4 is 9.80 Å². The van der Waals surface area contributed by atoms with Gasteiger partial charge in [-0.05, 0) is 38.0 Å². The molecule has 5 rings (SSSR count). The van der Waals surface area contributed by atoms with Crippen molar-refractivity contribution in [2.75, 3.05) is 9.80 Å². The zero-order chi connectivity index (χ0) is 20.0. The molecule has 2 aliphatic rings. The number of para-hydroxylation sites is 2. The van der Waals surface area contributed by atoms with E-state index in [-0.39, 0.29) is 0 Å². The van der Waals surface area contributed by atoms with E-state index in [4.69, 9.17) is 10.2 Å².